The van der Waals surface area contributed by atoms with Crippen LogP contribution in [0.2, 0.25) is 0 Å². The molecule has 3 heteroatoms. The van der Waals surface area contributed by atoms with Gasteiger partial charge in [-0.15, -0.1) is 0 Å². The maximum Gasteiger partial charge on any atom is 0.218 e. The van der Waals surface area contributed by atoms with E-state index in [1.54, 1.807) is 0 Å². The van der Waals surface area contributed by atoms with Crippen LogP contribution in [-0.4, -0.2) is 18.1 Å². The predicted molar refractivity (Wildman–Crippen MR) is 73.6 cm³/mol. The molecule has 100 valence electrons. The summed E-state index contributed by atoms with van der Waals surface area (Å²) in [7, 11) is 1.95. The molecule has 0 radical (unpaired) electrons. The Morgan fingerprint density at radius 3 is 2.89 bits per heavy atom. The average molecular weight is 248 g/mol. The van der Waals surface area contributed by atoms with Gasteiger partial charge in [-0.05, 0) is 44.2 Å². The Labute approximate surface area is 110 Å². The number of hydrogen-bond acceptors (Lipinski definition) is 3. The van der Waals surface area contributed by atoms with Gasteiger partial charge in [0.1, 0.15) is 6.10 Å². The molecule has 1 aliphatic carbocycles. The molecule has 3 atom stereocenters. The van der Waals surface area contributed by atoms with Crippen LogP contribution in [0, 0.1) is 11.8 Å². The molecule has 1 aromatic heterocycles. The average Bonchev–Trinajstić information content (AvgIpc) is 2.37. The van der Waals surface area contributed by atoms with Crippen molar-refractivity contribution in [3.05, 3.63) is 23.9 Å². The zero-order valence-corrected chi connectivity index (χ0v) is 11.6. The third-order valence-corrected chi connectivity index (χ3v) is 4.05. The molecule has 1 aromatic rings. The SMILES string of the molecule is CNCc1cccnc1OC1CCC(C)C(C)C1. The third kappa shape index (κ3) is 3.22. The summed E-state index contributed by atoms with van der Waals surface area (Å²) >= 11 is 0. The van der Waals surface area contributed by atoms with Crippen molar-refractivity contribution in [3.8, 4) is 5.88 Å². The summed E-state index contributed by atoms with van der Waals surface area (Å²) < 4.78 is 6.11. The van der Waals surface area contributed by atoms with Crippen LogP contribution >= 0.6 is 0 Å². The van der Waals surface area contributed by atoms with Crippen molar-refractivity contribution < 1.29 is 4.74 Å². The number of ether oxygens (including phenoxy) is 1. The summed E-state index contributed by atoms with van der Waals surface area (Å²) in [4.78, 5) is 4.37. The molecule has 1 heterocycles. The number of rotatable bonds is 4. The molecule has 0 aromatic carbocycles. The lowest BCUT2D eigenvalue weighted by Crippen LogP contribution is -2.29. The highest BCUT2D eigenvalue weighted by Crippen LogP contribution is 2.32. The smallest absolute Gasteiger partial charge is 0.218 e. The highest BCUT2D eigenvalue weighted by Gasteiger charge is 2.26. The van der Waals surface area contributed by atoms with Crippen LogP contribution in [0.15, 0.2) is 18.3 Å². The van der Waals surface area contributed by atoms with Gasteiger partial charge < -0.3 is 10.1 Å². The fourth-order valence-corrected chi connectivity index (χ4v) is 2.62. The number of aromatic nitrogens is 1. The molecule has 3 nitrogen and oxygen atoms in total. The highest BCUT2D eigenvalue weighted by atomic mass is 16.5. The van der Waals surface area contributed by atoms with E-state index in [4.69, 9.17) is 4.74 Å². The van der Waals surface area contributed by atoms with Crippen LogP contribution in [0.1, 0.15) is 38.7 Å². The predicted octanol–water partition coefficient (Wildman–Crippen LogP) is 3.00. The second kappa shape index (κ2) is 6.19. The first-order valence-electron chi connectivity index (χ1n) is 6.96. The molecule has 1 N–H and O–H groups in total. The molecule has 1 saturated carbocycles. The molecule has 1 fully saturated rings. The summed E-state index contributed by atoms with van der Waals surface area (Å²) in [6.45, 7) is 5.48. The Balaban J connectivity index is 2.01. The Hall–Kier alpha value is -1.09. The van der Waals surface area contributed by atoms with Crippen LogP contribution in [0.4, 0.5) is 0 Å². The van der Waals surface area contributed by atoms with Gasteiger partial charge in [-0.25, -0.2) is 4.98 Å². The number of nitrogens with one attached hydrogen (secondary N) is 1. The first-order chi connectivity index (χ1) is 8.70. The fraction of sp³-hybridized carbons (Fsp3) is 0.667. The van der Waals surface area contributed by atoms with Gasteiger partial charge in [0, 0.05) is 18.3 Å². The first kappa shape index (κ1) is 13.3. The molecule has 0 aliphatic heterocycles. The molecule has 0 saturated heterocycles. The van der Waals surface area contributed by atoms with Gasteiger partial charge >= 0.3 is 0 Å². The molecule has 0 spiro atoms. The Kier molecular flexibility index (Phi) is 4.59. The van der Waals surface area contributed by atoms with Crippen molar-refractivity contribution in [2.24, 2.45) is 11.8 Å². The number of nitrogens with zero attached hydrogens (tertiary/aromatic N) is 1. The summed E-state index contributed by atoms with van der Waals surface area (Å²) in [5.41, 5.74) is 1.14. The molecular formula is C15H24N2O. The first-order valence-corrected chi connectivity index (χ1v) is 6.96. The monoisotopic (exact) mass is 248 g/mol. The Bertz CT molecular complexity index is 381. The van der Waals surface area contributed by atoms with Crippen molar-refractivity contribution in [1.29, 1.82) is 0 Å². The lowest BCUT2D eigenvalue weighted by Gasteiger charge is -2.32. The molecular weight excluding hydrogens is 224 g/mol. The van der Waals surface area contributed by atoms with E-state index < -0.39 is 0 Å². The molecule has 18 heavy (non-hydrogen) atoms. The second-order valence-corrected chi connectivity index (χ2v) is 5.51. The summed E-state index contributed by atoms with van der Waals surface area (Å²) in [6, 6.07) is 4.04. The minimum atomic E-state index is 0.335. The van der Waals surface area contributed by atoms with E-state index in [1.165, 1.54) is 6.42 Å². The van der Waals surface area contributed by atoms with E-state index >= 15 is 0 Å². The van der Waals surface area contributed by atoms with Crippen molar-refractivity contribution in [1.82, 2.24) is 10.3 Å². The second-order valence-electron chi connectivity index (χ2n) is 5.51. The largest absolute Gasteiger partial charge is 0.474 e. The van der Waals surface area contributed by atoms with Crippen LogP contribution < -0.4 is 10.1 Å². The quantitative estimate of drug-likeness (QED) is 0.889. The zero-order chi connectivity index (χ0) is 13.0. The molecule has 0 amide bonds. The Morgan fingerprint density at radius 1 is 1.33 bits per heavy atom. The van der Waals surface area contributed by atoms with Gasteiger partial charge in [0.05, 0.1) is 0 Å². The van der Waals surface area contributed by atoms with Crippen molar-refractivity contribution in [2.45, 2.75) is 45.8 Å². The molecule has 2 rings (SSSR count). The van der Waals surface area contributed by atoms with Gasteiger partial charge in [0.2, 0.25) is 5.88 Å². The fourth-order valence-electron chi connectivity index (χ4n) is 2.62. The maximum absolute atomic E-state index is 6.11. The van der Waals surface area contributed by atoms with Gasteiger partial charge in [0.15, 0.2) is 0 Å². The minimum absolute atomic E-state index is 0.335. The van der Waals surface area contributed by atoms with Crippen LogP contribution in [0.25, 0.3) is 0 Å². The maximum atomic E-state index is 6.11. The van der Waals surface area contributed by atoms with E-state index in [1.807, 2.05) is 19.3 Å². The normalized spacial score (nSPS) is 28.1. The molecule has 0 bridgehead atoms. The lowest BCUT2D eigenvalue weighted by atomic mass is 9.80. The minimum Gasteiger partial charge on any atom is -0.474 e. The van der Waals surface area contributed by atoms with E-state index in [2.05, 4.69) is 30.2 Å². The van der Waals surface area contributed by atoms with Gasteiger partial charge in [-0.1, -0.05) is 19.9 Å². The number of pyridine rings is 1. The van der Waals surface area contributed by atoms with Gasteiger partial charge in [-0.2, -0.15) is 0 Å². The number of hydrogen-bond donors (Lipinski definition) is 1. The topological polar surface area (TPSA) is 34.2 Å². The van der Waals surface area contributed by atoms with Crippen LogP contribution in [0.5, 0.6) is 5.88 Å². The van der Waals surface area contributed by atoms with Crippen molar-refractivity contribution in [2.75, 3.05) is 7.05 Å². The van der Waals surface area contributed by atoms with E-state index in [9.17, 15) is 0 Å². The Morgan fingerprint density at radius 2 is 2.17 bits per heavy atom. The zero-order valence-electron chi connectivity index (χ0n) is 11.6. The molecule has 3 unspecified atom stereocenters. The van der Waals surface area contributed by atoms with E-state index in [-0.39, 0.29) is 0 Å². The van der Waals surface area contributed by atoms with Crippen molar-refractivity contribution in [3.63, 3.8) is 0 Å². The standard InChI is InChI=1S/C15H24N2O/c1-11-6-7-14(9-12(11)2)18-15-13(10-16-3)5-4-8-17-15/h4-5,8,11-12,14,16H,6-7,9-10H2,1-3H3. The van der Waals surface area contributed by atoms with E-state index in [0.717, 1.165) is 42.7 Å². The lowest BCUT2D eigenvalue weighted by molar-refractivity contribution is 0.0954. The van der Waals surface area contributed by atoms with Crippen LogP contribution in [0.3, 0.4) is 0 Å². The third-order valence-electron chi connectivity index (χ3n) is 4.05. The van der Waals surface area contributed by atoms with Crippen molar-refractivity contribution >= 4 is 0 Å². The van der Waals surface area contributed by atoms with Gasteiger partial charge in [0.25, 0.3) is 0 Å². The highest BCUT2D eigenvalue weighted by molar-refractivity contribution is 5.25. The van der Waals surface area contributed by atoms with Crippen LogP contribution in [-0.2, 0) is 6.54 Å². The summed E-state index contributed by atoms with van der Waals surface area (Å²) in [5.74, 6) is 2.38. The van der Waals surface area contributed by atoms with Gasteiger partial charge in [-0.3, -0.25) is 0 Å². The summed E-state index contributed by atoms with van der Waals surface area (Å²) in [5, 5.41) is 3.16. The summed E-state index contributed by atoms with van der Waals surface area (Å²) in [6.07, 6.45) is 5.71. The van der Waals surface area contributed by atoms with E-state index in [0.29, 0.717) is 6.10 Å². The molecule has 1 aliphatic rings.